The molecule has 4 rings (SSSR count). The van der Waals surface area contributed by atoms with Crippen molar-refractivity contribution in [3.63, 3.8) is 0 Å². The highest BCUT2D eigenvalue weighted by Gasteiger charge is 2.11. The molecule has 0 saturated carbocycles. The molecule has 0 atom stereocenters. The summed E-state index contributed by atoms with van der Waals surface area (Å²) < 4.78 is 0. The van der Waals surface area contributed by atoms with Crippen molar-refractivity contribution in [1.82, 2.24) is 0 Å². The topological polar surface area (TPSA) is 77.3 Å². The summed E-state index contributed by atoms with van der Waals surface area (Å²) in [6, 6.07) is 27.7. The third kappa shape index (κ3) is 5.72. The molecule has 0 aliphatic heterocycles. The Hall–Kier alpha value is -4.32. The second-order valence-electron chi connectivity index (χ2n) is 7.90. The summed E-state index contributed by atoms with van der Waals surface area (Å²) in [4.78, 5) is 33.9. The number of oxime groups is 2. The molecule has 0 radical (unpaired) electrons. The molecule has 0 N–H and O–H groups in total. The van der Waals surface area contributed by atoms with Gasteiger partial charge in [0.25, 0.3) is 0 Å². The third-order valence-corrected chi connectivity index (χ3v) is 5.44. The molecule has 34 heavy (non-hydrogen) atoms. The molecule has 0 aliphatic rings. The van der Waals surface area contributed by atoms with Crippen LogP contribution < -0.4 is 0 Å². The van der Waals surface area contributed by atoms with E-state index in [-0.39, 0.29) is 12.8 Å². The molecule has 0 spiro atoms. The number of carbonyl (C=O) groups is 2. The molecule has 0 unspecified atom stereocenters. The van der Waals surface area contributed by atoms with Crippen LogP contribution in [0.1, 0.15) is 37.8 Å². The van der Waals surface area contributed by atoms with Gasteiger partial charge in [0.15, 0.2) is 0 Å². The van der Waals surface area contributed by atoms with E-state index in [0.29, 0.717) is 11.4 Å². The summed E-state index contributed by atoms with van der Waals surface area (Å²) in [5.41, 5.74) is 2.84. The standard InChI is InChI=1S/C28H24N2O4/c1-19(23-13-11-21-7-3-5-9-25(21)17-23)29-33-27(31)15-16-28(32)34-30-20(2)24-14-12-22-8-4-6-10-26(22)18-24/h3-14,17-18H,15-16H2,1-2H3/b29-19+,30-20+. The molecule has 0 aromatic heterocycles. The number of rotatable bonds is 7. The van der Waals surface area contributed by atoms with Crippen molar-refractivity contribution >= 4 is 44.9 Å². The van der Waals surface area contributed by atoms with E-state index in [1.807, 2.05) is 84.9 Å². The Morgan fingerprint density at radius 2 is 0.971 bits per heavy atom. The first-order chi connectivity index (χ1) is 16.5. The van der Waals surface area contributed by atoms with Crippen molar-refractivity contribution in [3.05, 3.63) is 96.1 Å². The summed E-state index contributed by atoms with van der Waals surface area (Å²) in [5.74, 6) is -1.24. The lowest BCUT2D eigenvalue weighted by atomic mass is 10.0. The maximum atomic E-state index is 12.0. The van der Waals surface area contributed by atoms with Gasteiger partial charge >= 0.3 is 11.9 Å². The summed E-state index contributed by atoms with van der Waals surface area (Å²) in [6.45, 7) is 3.52. The Labute approximate surface area is 197 Å². The molecule has 6 nitrogen and oxygen atoms in total. The minimum atomic E-state index is -0.618. The number of carbonyl (C=O) groups excluding carboxylic acids is 2. The van der Waals surface area contributed by atoms with Crippen LogP contribution in [0.4, 0.5) is 0 Å². The Bertz CT molecular complexity index is 1310. The predicted octanol–water partition coefficient (Wildman–Crippen LogP) is 6.01. The van der Waals surface area contributed by atoms with Crippen LogP contribution >= 0.6 is 0 Å². The van der Waals surface area contributed by atoms with Gasteiger partial charge in [0.1, 0.15) is 0 Å². The summed E-state index contributed by atoms with van der Waals surface area (Å²) in [7, 11) is 0. The fourth-order valence-electron chi connectivity index (χ4n) is 3.47. The van der Waals surface area contributed by atoms with E-state index in [4.69, 9.17) is 9.68 Å². The lowest BCUT2D eigenvalue weighted by Crippen LogP contribution is -2.08. The summed E-state index contributed by atoms with van der Waals surface area (Å²) in [6.07, 6.45) is -0.310. The number of benzene rings is 4. The average molecular weight is 453 g/mol. The van der Waals surface area contributed by atoms with E-state index in [9.17, 15) is 9.59 Å². The van der Waals surface area contributed by atoms with E-state index in [1.54, 1.807) is 13.8 Å². The molecule has 0 heterocycles. The molecule has 0 fully saturated rings. The van der Waals surface area contributed by atoms with Gasteiger partial charge in [-0.1, -0.05) is 83.1 Å². The lowest BCUT2D eigenvalue weighted by Gasteiger charge is -2.04. The molecule has 0 aliphatic carbocycles. The second-order valence-corrected chi connectivity index (χ2v) is 7.90. The van der Waals surface area contributed by atoms with Crippen molar-refractivity contribution < 1.29 is 19.3 Å². The predicted molar refractivity (Wildman–Crippen MR) is 134 cm³/mol. The molecule has 4 aromatic rings. The Morgan fingerprint density at radius 1 is 0.588 bits per heavy atom. The van der Waals surface area contributed by atoms with E-state index in [0.717, 1.165) is 32.7 Å². The fraction of sp³-hybridized carbons (Fsp3) is 0.143. The molecule has 0 bridgehead atoms. The highest BCUT2D eigenvalue weighted by molar-refractivity contribution is 6.02. The zero-order chi connectivity index (χ0) is 23.9. The Balaban J connectivity index is 1.27. The quantitative estimate of drug-likeness (QED) is 0.195. The van der Waals surface area contributed by atoms with Crippen LogP contribution in [0.2, 0.25) is 0 Å². The third-order valence-electron chi connectivity index (χ3n) is 5.44. The molecule has 170 valence electrons. The molecule has 4 aromatic carbocycles. The zero-order valence-electron chi connectivity index (χ0n) is 19.0. The lowest BCUT2D eigenvalue weighted by molar-refractivity contribution is -0.150. The summed E-state index contributed by atoms with van der Waals surface area (Å²) >= 11 is 0. The molecule has 0 amide bonds. The molecular formula is C28H24N2O4. The van der Waals surface area contributed by atoms with Crippen molar-refractivity contribution in [3.8, 4) is 0 Å². The minimum absolute atomic E-state index is 0.155. The van der Waals surface area contributed by atoms with Gasteiger partial charge < -0.3 is 9.68 Å². The number of fused-ring (bicyclic) bond motifs is 2. The average Bonchev–Trinajstić information content (AvgIpc) is 2.88. The van der Waals surface area contributed by atoms with Crippen LogP contribution in [0, 0.1) is 0 Å². The van der Waals surface area contributed by atoms with E-state index < -0.39 is 11.9 Å². The van der Waals surface area contributed by atoms with Crippen molar-refractivity contribution in [2.75, 3.05) is 0 Å². The molecular weight excluding hydrogens is 428 g/mol. The summed E-state index contributed by atoms with van der Waals surface area (Å²) in [5, 5.41) is 12.2. The van der Waals surface area contributed by atoms with Gasteiger partial charge in [-0.15, -0.1) is 0 Å². The first kappa shape index (κ1) is 22.9. The van der Waals surface area contributed by atoms with E-state index >= 15 is 0 Å². The first-order valence-electron chi connectivity index (χ1n) is 11.0. The minimum Gasteiger partial charge on any atom is -0.318 e. The van der Waals surface area contributed by atoms with Crippen LogP contribution in [-0.4, -0.2) is 23.4 Å². The first-order valence-corrected chi connectivity index (χ1v) is 11.0. The number of hydrogen-bond acceptors (Lipinski definition) is 6. The van der Waals surface area contributed by atoms with Crippen molar-refractivity contribution in [1.29, 1.82) is 0 Å². The van der Waals surface area contributed by atoms with E-state index in [2.05, 4.69) is 10.3 Å². The Kier molecular flexibility index (Phi) is 7.08. The number of nitrogens with zero attached hydrogens (tertiary/aromatic N) is 2. The smallest absolute Gasteiger partial charge is 0.318 e. The van der Waals surface area contributed by atoms with Crippen molar-refractivity contribution in [2.45, 2.75) is 26.7 Å². The maximum Gasteiger partial charge on any atom is 0.335 e. The molecule has 0 saturated heterocycles. The van der Waals surface area contributed by atoms with Gasteiger partial charge in [0.2, 0.25) is 0 Å². The van der Waals surface area contributed by atoms with Crippen molar-refractivity contribution in [2.24, 2.45) is 10.3 Å². The monoisotopic (exact) mass is 452 g/mol. The van der Waals surface area contributed by atoms with Gasteiger partial charge in [0.05, 0.1) is 24.3 Å². The largest absolute Gasteiger partial charge is 0.335 e. The van der Waals surface area contributed by atoms with Gasteiger partial charge in [0, 0.05) is 0 Å². The van der Waals surface area contributed by atoms with Gasteiger partial charge in [-0.3, -0.25) is 0 Å². The van der Waals surface area contributed by atoms with Gasteiger partial charge in [-0.05, 0) is 58.7 Å². The fourth-order valence-corrected chi connectivity index (χ4v) is 3.47. The van der Waals surface area contributed by atoms with Gasteiger partial charge in [-0.25, -0.2) is 9.59 Å². The highest BCUT2D eigenvalue weighted by atomic mass is 16.7. The highest BCUT2D eigenvalue weighted by Crippen LogP contribution is 2.17. The van der Waals surface area contributed by atoms with Crippen LogP contribution in [0.5, 0.6) is 0 Å². The second kappa shape index (κ2) is 10.5. The SMILES string of the molecule is C/C(=N\OC(=O)CCC(=O)O/N=C(\C)c1ccc2ccccc2c1)c1ccc2ccccc2c1. The number of hydrogen-bond donors (Lipinski definition) is 0. The Morgan fingerprint density at radius 3 is 1.38 bits per heavy atom. The van der Waals surface area contributed by atoms with Crippen LogP contribution in [-0.2, 0) is 19.3 Å². The normalized spacial score (nSPS) is 12.1. The maximum absolute atomic E-state index is 12.0. The van der Waals surface area contributed by atoms with Crippen LogP contribution in [0.3, 0.4) is 0 Å². The van der Waals surface area contributed by atoms with Gasteiger partial charge in [-0.2, -0.15) is 0 Å². The molecule has 6 heteroatoms. The van der Waals surface area contributed by atoms with E-state index in [1.165, 1.54) is 0 Å². The van der Waals surface area contributed by atoms with Crippen LogP contribution in [0.15, 0.2) is 95.2 Å². The zero-order valence-corrected chi connectivity index (χ0v) is 19.0. The van der Waals surface area contributed by atoms with Crippen LogP contribution in [0.25, 0.3) is 21.5 Å².